The van der Waals surface area contributed by atoms with Crippen molar-refractivity contribution in [3.63, 3.8) is 0 Å². The van der Waals surface area contributed by atoms with E-state index < -0.39 is 9.84 Å². The Hall–Kier alpha value is -0.790. The SMILES string of the molecule is C=CCN1C(SCc2ccc(Br)cc2)=N[C@@H]2CS(=O)(=O)C[C@@H]21. The lowest BCUT2D eigenvalue weighted by atomic mass is 10.2. The minimum Gasteiger partial charge on any atom is -0.342 e. The van der Waals surface area contributed by atoms with Gasteiger partial charge in [-0.15, -0.1) is 6.58 Å². The van der Waals surface area contributed by atoms with E-state index in [9.17, 15) is 8.42 Å². The van der Waals surface area contributed by atoms with Crippen molar-refractivity contribution in [1.82, 2.24) is 4.90 Å². The van der Waals surface area contributed by atoms with E-state index in [0.717, 1.165) is 15.4 Å². The molecule has 0 saturated carbocycles. The summed E-state index contributed by atoms with van der Waals surface area (Å²) in [7, 11) is -2.95. The average Bonchev–Trinajstić information content (AvgIpc) is 2.92. The molecule has 1 aromatic carbocycles. The number of halogens is 1. The third-order valence-corrected chi connectivity index (χ3v) is 7.13. The minimum absolute atomic E-state index is 0.0181. The van der Waals surface area contributed by atoms with E-state index in [0.29, 0.717) is 6.54 Å². The number of sulfone groups is 1. The maximum atomic E-state index is 11.8. The first-order chi connectivity index (χ1) is 10.5. The summed E-state index contributed by atoms with van der Waals surface area (Å²) in [5, 5.41) is 0.938. The lowest BCUT2D eigenvalue weighted by Crippen LogP contribution is -2.39. The highest BCUT2D eigenvalue weighted by Crippen LogP contribution is 2.32. The van der Waals surface area contributed by atoms with Crippen LogP contribution in [0.2, 0.25) is 0 Å². The Labute approximate surface area is 143 Å². The number of fused-ring (bicyclic) bond motifs is 1. The van der Waals surface area contributed by atoms with Gasteiger partial charge in [-0.05, 0) is 17.7 Å². The van der Waals surface area contributed by atoms with Crippen LogP contribution in [0.5, 0.6) is 0 Å². The standard InChI is InChI=1S/C15H17BrN2O2S2/c1-2-7-18-14-10-22(19,20)9-13(14)17-15(18)21-8-11-3-5-12(16)6-4-11/h2-6,13-14H,1,7-10H2/t13-,14+/m1/s1. The molecule has 0 aromatic heterocycles. The molecule has 0 radical (unpaired) electrons. The first-order valence-electron chi connectivity index (χ1n) is 7.01. The second kappa shape index (κ2) is 6.37. The van der Waals surface area contributed by atoms with Crippen molar-refractivity contribution in [1.29, 1.82) is 0 Å². The molecule has 0 aliphatic carbocycles. The van der Waals surface area contributed by atoms with Crippen LogP contribution in [0.25, 0.3) is 0 Å². The zero-order chi connectivity index (χ0) is 15.7. The van der Waals surface area contributed by atoms with Crippen molar-refractivity contribution in [2.45, 2.75) is 17.8 Å². The fourth-order valence-electron chi connectivity index (χ4n) is 2.79. The number of rotatable bonds is 4. The van der Waals surface area contributed by atoms with Crippen LogP contribution in [0.3, 0.4) is 0 Å². The zero-order valence-corrected chi connectivity index (χ0v) is 15.2. The van der Waals surface area contributed by atoms with Gasteiger partial charge >= 0.3 is 0 Å². The predicted molar refractivity (Wildman–Crippen MR) is 96.0 cm³/mol. The molecule has 2 aliphatic heterocycles. The van der Waals surface area contributed by atoms with E-state index in [-0.39, 0.29) is 23.6 Å². The molecule has 2 heterocycles. The number of amidine groups is 1. The Balaban J connectivity index is 1.72. The molecule has 0 N–H and O–H groups in total. The second-order valence-corrected chi connectivity index (χ2v) is 9.49. The van der Waals surface area contributed by atoms with Crippen LogP contribution in [-0.4, -0.2) is 48.6 Å². The molecule has 0 bridgehead atoms. The molecule has 0 amide bonds. The number of nitrogens with zero attached hydrogens (tertiary/aromatic N) is 2. The van der Waals surface area contributed by atoms with Crippen LogP contribution in [0.15, 0.2) is 46.4 Å². The van der Waals surface area contributed by atoms with Gasteiger partial charge in [-0.25, -0.2) is 8.42 Å². The van der Waals surface area contributed by atoms with Crippen LogP contribution in [0.4, 0.5) is 0 Å². The Bertz CT molecular complexity index is 701. The molecule has 4 nitrogen and oxygen atoms in total. The van der Waals surface area contributed by atoms with Gasteiger partial charge in [0.2, 0.25) is 0 Å². The van der Waals surface area contributed by atoms with Gasteiger partial charge in [0.05, 0.1) is 23.6 Å². The maximum Gasteiger partial charge on any atom is 0.160 e. The molecule has 3 rings (SSSR count). The van der Waals surface area contributed by atoms with Gasteiger partial charge in [0.15, 0.2) is 15.0 Å². The summed E-state index contributed by atoms with van der Waals surface area (Å²) in [5.41, 5.74) is 1.22. The molecule has 1 fully saturated rings. The van der Waals surface area contributed by atoms with Crippen molar-refractivity contribution >= 4 is 42.7 Å². The third kappa shape index (κ3) is 3.41. The molecule has 2 atom stereocenters. The van der Waals surface area contributed by atoms with Crippen molar-refractivity contribution in [2.75, 3.05) is 18.1 Å². The van der Waals surface area contributed by atoms with E-state index in [1.165, 1.54) is 5.56 Å². The van der Waals surface area contributed by atoms with Crippen LogP contribution in [-0.2, 0) is 15.6 Å². The third-order valence-electron chi connectivity index (χ3n) is 3.82. The van der Waals surface area contributed by atoms with Gasteiger partial charge in [-0.1, -0.05) is 45.9 Å². The largest absolute Gasteiger partial charge is 0.342 e. The van der Waals surface area contributed by atoms with Gasteiger partial charge in [0, 0.05) is 16.8 Å². The summed E-state index contributed by atoms with van der Waals surface area (Å²) in [5.74, 6) is 1.21. The van der Waals surface area contributed by atoms with Gasteiger partial charge in [-0.3, -0.25) is 4.99 Å². The quantitative estimate of drug-likeness (QED) is 0.728. The Morgan fingerprint density at radius 2 is 2.09 bits per heavy atom. The molecule has 7 heteroatoms. The molecule has 1 saturated heterocycles. The summed E-state index contributed by atoms with van der Waals surface area (Å²) in [6, 6.07) is 8.07. The van der Waals surface area contributed by atoms with E-state index in [1.54, 1.807) is 11.8 Å². The predicted octanol–water partition coefficient (Wildman–Crippen LogP) is 2.71. The maximum absolute atomic E-state index is 11.8. The summed E-state index contributed by atoms with van der Waals surface area (Å²) < 4.78 is 24.6. The van der Waals surface area contributed by atoms with Crippen molar-refractivity contribution in [3.05, 3.63) is 47.0 Å². The number of benzene rings is 1. The molecule has 0 unspecified atom stereocenters. The lowest BCUT2D eigenvalue weighted by molar-refractivity contribution is 0.379. The monoisotopic (exact) mass is 400 g/mol. The van der Waals surface area contributed by atoms with E-state index in [2.05, 4.69) is 44.5 Å². The average molecular weight is 401 g/mol. The second-order valence-electron chi connectivity index (χ2n) is 5.48. The molecular weight excluding hydrogens is 384 g/mol. The smallest absolute Gasteiger partial charge is 0.160 e. The Morgan fingerprint density at radius 1 is 1.36 bits per heavy atom. The normalized spacial score (nSPS) is 25.9. The van der Waals surface area contributed by atoms with Crippen LogP contribution in [0, 0.1) is 0 Å². The first kappa shape index (κ1) is 16.1. The van der Waals surface area contributed by atoms with Gasteiger partial charge in [-0.2, -0.15) is 0 Å². The first-order valence-corrected chi connectivity index (χ1v) is 10.6. The summed E-state index contributed by atoms with van der Waals surface area (Å²) in [4.78, 5) is 6.74. The lowest BCUT2D eigenvalue weighted by Gasteiger charge is -2.24. The molecule has 0 spiro atoms. The summed E-state index contributed by atoms with van der Waals surface area (Å²) >= 11 is 5.10. The molecule has 22 heavy (non-hydrogen) atoms. The van der Waals surface area contributed by atoms with E-state index in [1.807, 2.05) is 18.2 Å². The molecule has 118 valence electrons. The number of hydrogen-bond acceptors (Lipinski definition) is 5. The van der Waals surface area contributed by atoms with Crippen LogP contribution in [0.1, 0.15) is 5.56 Å². The zero-order valence-electron chi connectivity index (χ0n) is 12.0. The van der Waals surface area contributed by atoms with Crippen LogP contribution < -0.4 is 0 Å². The van der Waals surface area contributed by atoms with Crippen molar-refractivity contribution in [2.24, 2.45) is 4.99 Å². The molecule has 1 aromatic rings. The Kier molecular flexibility index (Phi) is 4.66. The van der Waals surface area contributed by atoms with Gasteiger partial charge in [0.1, 0.15) is 0 Å². The highest BCUT2D eigenvalue weighted by atomic mass is 79.9. The number of hydrogen-bond donors (Lipinski definition) is 0. The number of thioether (sulfide) groups is 1. The highest BCUT2D eigenvalue weighted by molar-refractivity contribution is 9.10. The van der Waals surface area contributed by atoms with Crippen molar-refractivity contribution in [3.8, 4) is 0 Å². The van der Waals surface area contributed by atoms with Crippen molar-refractivity contribution < 1.29 is 8.42 Å². The van der Waals surface area contributed by atoms with E-state index >= 15 is 0 Å². The summed E-state index contributed by atoms with van der Waals surface area (Å²) in [6.07, 6.45) is 1.81. The molecule has 2 aliphatic rings. The highest BCUT2D eigenvalue weighted by Gasteiger charge is 2.45. The number of aliphatic imine (C=N–C) groups is 1. The molecular formula is C15H17BrN2O2S2. The van der Waals surface area contributed by atoms with Gasteiger partial charge < -0.3 is 4.90 Å². The topological polar surface area (TPSA) is 49.7 Å². The van der Waals surface area contributed by atoms with Gasteiger partial charge in [0.25, 0.3) is 0 Å². The summed E-state index contributed by atoms with van der Waals surface area (Å²) in [6.45, 7) is 4.42. The fourth-order valence-corrected chi connectivity index (χ4v) is 6.00. The van der Waals surface area contributed by atoms with E-state index in [4.69, 9.17) is 0 Å². The minimum atomic E-state index is -2.95. The fraction of sp³-hybridized carbons (Fsp3) is 0.400. The Morgan fingerprint density at radius 3 is 2.77 bits per heavy atom. The van der Waals surface area contributed by atoms with Crippen LogP contribution >= 0.6 is 27.7 Å².